The molecule has 0 atom stereocenters. The maximum absolute atomic E-state index is 12.9. The Morgan fingerprint density at radius 1 is 0.873 bits per heavy atom. The Hall–Kier alpha value is -6.36. The Kier molecular flexibility index (Phi) is 8.95. The van der Waals surface area contributed by atoms with Gasteiger partial charge in [-0.2, -0.15) is 19.2 Å². The second-order valence-electron chi connectivity index (χ2n) is 14.6. The van der Waals surface area contributed by atoms with Crippen molar-refractivity contribution in [2.45, 2.75) is 77.0 Å². The fraction of sp³-hybridized carbons (Fsp3) is 0.324. The third-order valence-electron chi connectivity index (χ3n) is 8.93. The fourth-order valence-electron chi connectivity index (χ4n) is 6.13. The Morgan fingerprint density at radius 3 is 1.98 bits per heavy atom. The summed E-state index contributed by atoms with van der Waals surface area (Å²) in [7, 11) is 0. The topological polar surface area (TPSA) is 199 Å². The van der Waals surface area contributed by atoms with E-state index in [9.17, 15) is 24.0 Å². The van der Waals surface area contributed by atoms with Crippen LogP contribution in [0.1, 0.15) is 70.4 Å². The number of fused-ring (bicyclic) bond motifs is 2. The maximum Gasteiger partial charge on any atom is 0.416 e. The lowest BCUT2D eigenvalue weighted by Crippen LogP contribution is -2.39. The van der Waals surface area contributed by atoms with Gasteiger partial charge in [0, 0.05) is 58.9 Å². The molecule has 4 fully saturated rings. The first-order valence-corrected chi connectivity index (χ1v) is 18.1. The average molecular weight is 766 g/mol. The number of imide groups is 2. The van der Waals surface area contributed by atoms with Crippen LogP contribution in [0.4, 0.5) is 16.4 Å². The third-order valence-corrected chi connectivity index (χ3v) is 9.13. The van der Waals surface area contributed by atoms with Gasteiger partial charge in [-0.1, -0.05) is 11.6 Å². The normalized spacial score (nSPS) is 18.5. The second-order valence-corrected chi connectivity index (χ2v) is 15.0. The summed E-state index contributed by atoms with van der Waals surface area (Å²) in [5, 5.41) is 17.0. The summed E-state index contributed by atoms with van der Waals surface area (Å²) in [5.74, 6) is 0.630. The molecule has 17 nitrogen and oxygen atoms in total. The molecule has 2 aliphatic carbocycles. The van der Waals surface area contributed by atoms with Crippen molar-refractivity contribution in [2.75, 3.05) is 10.2 Å². The number of carbonyl (C=O) groups excluding carboxylic acids is 5. The summed E-state index contributed by atoms with van der Waals surface area (Å²) in [5.41, 5.74) is 2.34. The number of aromatic nitrogens is 7. The second kappa shape index (κ2) is 13.8. The molecule has 7 heterocycles. The molecule has 5 aromatic rings. The van der Waals surface area contributed by atoms with Crippen molar-refractivity contribution in [3.8, 4) is 5.82 Å². The van der Waals surface area contributed by atoms with Crippen molar-refractivity contribution in [2.24, 2.45) is 0 Å². The number of hydrogen-bond acceptors (Lipinski definition) is 11. The number of nitrogens with one attached hydrogen (secondary N) is 3. The Labute approximate surface area is 318 Å². The molecule has 0 spiro atoms. The molecule has 9 rings (SSSR count). The van der Waals surface area contributed by atoms with Gasteiger partial charge in [0.2, 0.25) is 11.8 Å². The van der Waals surface area contributed by atoms with Crippen LogP contribution in [-0.2, 0) is 23.9 Å². The number of ether oxygens (including phenoxy) is 1. The van der Waals surface area contributed by atoms with Crippen LogP contribution in [0.25, 0.3) is 29.3 Å². The molecule has 0 unspecified atom stereocenters. The van der Waals surface area contributed by atoms with Gasteiger partial charge in [-0.15, -0.1) is 0 Å². The van der Waals surface area contributed by atoms with Gasteiger partial charge in [-0.25, -0.2) is 14.8 Å². The molecule has 2 aliphatic heterocycles. The van der Waals surface area contributed by atoms with E-state index >= 15 is 0 Å². The largest absolute Gasteiger partial charge is 0.443 e. The monoisotopic (exact) mass is 765 g/mol. The molecule has 5 amide bonds. The van der Waals surface area contributed by atoms with Gasteiger partial charge < -0.3 is 14.6 Å². The molecule has 18 heteroatoms. The molecule has 0 bridgehead atoms. The lowest BCUT2D eigenvalue weighted by Gasteiger charge is -2.27. The van der Waals surface area contributed by atoms with Crippen LogP contribution in [0.5, 0.6) is 0 Å². The molecular weight excluding hydrogens is 730 g/mol. The highest BCUT2D eigenvalue weighted by atomic mass is 35.5. The minimum atomic E-state index is -0.651. The van der Waals surface area contributed by atoms with E-state index < -0.39 is 17.6 Å². The van der Waals surface area contributed by atoms with Crippen LogP contribution in [0.2, 0.25) is 5.15 Å². The summed E-state index contributed by atoms with van der Waals surface area (Å²) in [6.45, 7) is 5.41. The van der Waals surface area contributed by atoms with Crippen LogP contribution < -0.4 is 20.9 Å². The summed E-state index contributed by atoms with van der Waals surface area (Å²) in [6, 6.07) is 7.85. The molecule has 55 heavy (non-hydrogen) atoms. The molecule has 2 saturated carbocycles. The summed E-state index contributed by atoms with van der Waals surface area (Å²) in [6.07, 6.45) is 13.9. The first-order valence-electron chi connectivity index (χ1n) is 17.7. The maximum atomic E-state index is 12.9. The first kappa shape index (κ1) is 35.7. The van der Waals surface area contributed by atoms with Crippen LogP contribution in [0.15, 0.2) is 60.2 Å². The molecular formula is C37H36ClN11O6. The van der Waals surface area contributed by atoms with Crippen LogP contribution in [0, 0.1) is 0 Å². The number of halogens is 1. The number of amides is 5. The number of hydrogen-bond donors (Lipinski definition) is 3. The van der Waals surface area contributed by atoms with Crippen LogP contribution >= 0.6 is 11.6 Å². The summed E-state index contributed by atoms with van der Waals surface area (Å²) >= 11 is 6.24. The van der Waals surface area contributed by atoms with E-state index in [0.717, 1.165) is 37.3 Å². The Bertz CT molecular complexity index is 2470. The molecule has 2 saturated heterocycles. The van der Waals surface area contributed by atoms with Gasteiger partial charge in [-0.3, -0.25) is 34.7 Å². The predicted molar refractivity (Wildman–Crippen MR) is 200 cm³/mol. The van der Waals surface area contributed by atoms with Crippen molar-refractivity contribution in [1.29, 1.82) is 0 Å². The highest BCUT2D eigenvalue weighted by molar-refractivity contribution is 6.30. The highest BCUT2D eigenvalue weighted by Crippen LogP contribution is 2.35. The number of anilines is 2. The number of carbonyl (C=O) groups is 5. The standard InChI is InChI=1S/C19H20ClN5O4.C18H16N6O2/c1-19(2,3)29-18(28)24(12-4-5-12)15-8-13(20)22-16-11(9-21-25(15)16)6-10-7-14(26)23-17(10)27;25-16-8-11(18(26)22-16)7-12-10-19-24-15(20-13-3-4-13)9-14(21-17(12)24)23-5-1-2-6-23/h6,8-9,12H,4-5,7H2,1-3H3,(H,23,26,27);1-2,5-7,9-10,13,20H,3-4,8H2,(H,22,25,26)/b10-6+;11-7+. The van der Waals surface area contributed by atoms with Crippen molar-refractivity contribution in [1.82, 2.24) is 44.4 Å². The lowest BCUT2D eigenvalue weighted by molar-refractivity contribution is -0.125. The quantitative estimate of drug-likeness (QED) is 0.122. The zero-order chi connectivity index (χ0) is 38.6. The summed E-state index contributed by atoms with van der Waals surface area (Å²) < 4.78 is 10.7. The first-order chi connectivity index (χ1) is 26.3. The van der Waals surface area contributed by atoms with Gasteiger partial charge in [0.05, 0.1) is 25.2 Å². The van der Waals surface area contributed by atoms with Crippen molar-refractivity contribution in [3.05, 3.63) is 76.5 Å². The molecule has 3 N–H and O–H groups in total. The zero-order valence-electron chi connectivity index (χ0n) is 30.1. The highest BCUT2D eigenvalue weighted by Gasteiger charge is 2.38. The van der Waals surface area contributed by atoms with Crippen molar-refractivity contribution >= 4 is 76.4 Å². The van der Waals surface area contributed by atoms with Gasteiger partial charge in [-0.05, 0) is 70.7 Å². The van der Waals surface area contributed by atoms with Crippen molar-refractivity contribution in [3.63, 3.8) is 0 Å². The Balaban J connectivity index is 0.000000156. The Morgan fingerprint density at radius 2 is 1.45 bits per heavy atom. The van der Waals surface area contributed by atoms with Crippen molar-refractivity contribution < 1.29 is 28.7 Å². The smallest absolute Gasteiger partial charge is 0.416 e. The number of nitrogens with zero attached hydrogens (tertiary/aromatic N) is 8. The number of rotatable bonds is 7. The molecule has 282 valence electrons. The zero-order valence-corrected chi connectivity index (χ0v) is 30.8. The lowest BCUT2D eigenvalue weighted by atomic mass is 10.1. The summed E-state index contributed by atoms with van der Waals surface area (Å²) in [4.78, 5) is 70.0. The van der Waals surface area contributed by atoms with Gasteiger partial charge in [0.15, 0.2) is 11.3 Å². The molecule has 0 aromatic carbocycles. The molecule has 4 aliphatic rings. The van der Waals surface area contributed by atoms with E-state index in [4.69, 9.17) is 21.3 Å². The minimum Gasteiger partial charge on any atom is -0.443 e. The van der Waals surface area contributed by atoms with E-state index in [1.54, 1.807) is 54.6 Å². The minimum absolute atomic E-state index is 0.00393. The van der Waals surface area contributed by atoms with E-state index in [0.29, 0.717) is 45.4 Å². The predicted octanol–water partition coefficient (Wildman–Crippen LogP) is 4.24. The third kappa shape index (κ3) is 7.68. The van der Waals surface area contributed by atoms with E-state index in [2.05, 4.69) is 31.1 Å². The van der Waals surface area contributed by atoms with Gasteiger partial charge in [0.1, 0.15) is 28.2 Å². The molecule has 5 aromatic heterocycles. The SMILES string of the molecule is CC(C)(C)OC(=O)N(c1cc(Cl)nc2c(/C=C3\CC(=O)NC3=O)cnn12)C1CC1.O=C1C/C(=C\c2cnn3c(NC4CC4)cc(-n4cccc4)nc23)C(=O)N1. The van der Waals surface area contributed by atoms with E-state index in [1.807, 2.05) is 35.2 Å². The van der Waals surface area contributed by atoms with Gasteiger partial charge >= 0.3 is 6.09 Å². The average Bonchev–Trinajstić information content (AvgIpc) is 3.83. The molecule has 0 radical (unpaired) electrons. The van der Waals surface area contributed by atoms with E-state index in [-0.39, 0.29) is 41.8 Å². The van der Waals surface area contributed by atoms with E-state index in [1.165, 1.54) is 10.7 Å². The van der Waals surface area contributed by atoms with Gasteiger partial charge in [0.25, 0.3) is 11.8 Å². The van der Waals surface area contributed by atoms with Crippen LogP contribution in [0.3, 0.4) is 0 Å². The fourth-order valence-corrected chi connectivity index (χ4v) is 6.31. The van der Waals surface area contributed by atoms with Crippen LogP contribution in [-0.4, -0.2) is 81.2 Å².